The number of hydrogen-bond donors (Lipinski definition) is 1. The van der Waals surface area contributed by atoms with E-state index in [9.17, 15) is 4.79 Å². The Kier molecular flexibility index (Phi) is 5.12. The number of carbonyl (C=O) groups excluding carboxylic acids is 1. The van der Waals surface area contributed by atoms with E-state index in [2.05, 4.69) is 33.8 Å². The van der Waals surface area contributed by atoms with Crippen molar-refractivity contribution in [2.75, 3.05) is 0 Å². The molecule has 80 valence electrons. The molecule has 0 spiro atoms. The van der Waals surface area contributed by atoms with Crippen LogP contribution in [0.4, 0.5) is 0 Å². The Hall–Kier alpha value is -0.540. The van der Waals surface area contributed by atoms with Crippen LogP contribution in [0.25, 0.3) is 0 Å². The highest BCUT2D eigenvalue weighted by Crippen LogP contribution is 2.16. The molecule has 1 unspecified atom stereocenters. The molecular weight excluding hydrogens is 321 g/mol. The second-order valence-corrected chi connectivity index (χ2v) is 5.93. The minimum absolute atomic E-state index is 0.0782. The third-order valence-electron chi connectivity index (χ3n) is 1.91. The molecule has 2 nitrogen and oxygen atoms in total. The monoisotopic (exact) mass is 333 g/mol. The van der Waals surface area contributed by atoms with E-state index >= 15 is 0 Å². The molecular formula is C11H12INOS. The number of thiophene rings is 1. The number of amides is 1. The van der Waals surface area contributed by atoms with Crippen molar-refractivity contribution in [2.24, 2.45) is 0 Å². The van der Waals surface area contributed by atoms with Gasteiger partial charge in [-0.15, -0.1) is 17.8 Å². The van der Waals surface area contributed by atoms with Crippen LogP contribution in [0.5, 0.6) is 0 Å². The minimum Gasteiger partial charge on any atom is -0.338 e. The van der Waals surface area contributed by atoms with Gasteiger partial charge in [-0.25, -0.2) is 0 Å². The summed E-state index contributed by atoms with van der Waals surface area (Å²) >= 11 is 3.75. The topological polar surface area (TPSA) is 29.1 Å². The molecule has 0 aliphatic rings. The molecule has 0 fully saturated rings. The van der Waals surface area contributed by atoms with Gasteiger partial charge in [0, 0.05) is 5.38 Å². The quantitative estimate of drug-likeness (QED) is 0.666. The lowest BCUT2D eigenvalue weighted by atomic mass is 10.1. The molecule has 0 radical (unpaired) electrons. The van der Waals surface area contributed by atoms with E-state index in [-0.39, 0.29) is 11.9 Å². The molecule has 1 rings (SSSR count). The summed E-state index contributed by atoms with van der Waals surface area (Å²) in [6.45, 7) is 2.05. The fourth-order valence-electron chi connectivity index (χ4n) is 1.16. The molecule has 1 atom stereocenters. The highest BCUT2D eigenvalue weighted by Gasteiger charge is 2.11. The summed E-state index contributed by atoms with van der Waals surface area (Å²) in [6, 6.07) is 1.71. The first-order valence-corrected chi connectivity index (χ1v) is 6.64. The Bertz CT molecular complexity index is 380. The third kappa shape index (κ3) is 3.84. The zero-order valence-corrected chi connectivity index (χ0v) is 11.4. The van der Waals surface area contributed by atoms with Gasteiger partial charge in [-0.1, -0.05) is 19.3 Å². The third-order valence-corrected chi connectivity index (χ3v) is 3.70. The van der Waals surface area contributed by atoms with Crippen LogP contribution >= 0.6 is 33.9 Å². The van der Waals surface area contributed by atoms with Gasteiger partial charge in [0.1, 0.15) is 0 Å². The minimum atomic E-state index is -0.153. The van der Waals surface area contributed by atoms with E-state index in [1.165, 1.54) is 0 Å². The predicted molar refractivity (Wildman–Crippen MR) is 72.0 cm³/mol. The first kappa shape index (κ1) is 12.5. The number of carbonyl (C=O) groups is 1. The van der Waals surface area contributed by atoms with E-state index in [0.29, 0.717) is 5.56 Å². The summed E-state index contributed by atoms with van der Waals surface area (Å²) in [5.41, 5.74) is 0.695. The average Bonchev–Trinajstić information content (AvgIpc) is 2.64. The largest absolute Gasteiger partial charge is 0.338 e. The molecule has 0 bridgehead atoms. The lowest BCUT2D eigenvalue weighted by Crippen LogP contribution is -2.33. The van der Waals surface area contributed by atoms with E-state index in [0.717, 1.165) is 15.7 Å². The van der Waals surface area contributed by atoms with Crippen LogP contribution < -0.4 is 5.32 Å². The molecule has 1 heterocycles. The van der Waals surface area contributed by atoms with Gasteiger partial charge in [-0.2, -0.15) is 0 Å². The van der Waals surface area contributed by atoms with Crippen LogP contribution in [-0.4, -0.2) is 11.9 Å². The molecule has 0 saturated heterocycles. The van der Waals surface area contributed by atoms with Crippen LogP contribution in [0.15, 0.2) is 11.4 Å². The summed E-state index contributed by atoms with van der Waals surface area (Å²) in [4.78, 5) is 11.7. The standard InChI is InChI=1S/C11H12INOS/c1-3-5-9(4-2)13-11(14)8-6-10(12)15-7-8/h2,6-7,9H,3,5H2,1H3,(H,13,14). The highest BCUT2D eigenvalue weighted by molar-refractivity contribution is 14.1. The Labute approximate surface area is 108 Å². The van der Waals surface area contributed by atoms with Gasteiger partial charge in [-0.05, 0) is 35.1 Å². The van der Waals surface area contributed by atoms with Crippen molar-refractivity contribution in [1.29, 1.82) is 0 Å². The van der Waals surface area contributed by atoms with Crippen LogP contribution in [-0.2, 0) is 0 Å². The summed E-state index contributed by atoms with van der Waals surface area (Å²) in [7, 11) is 0. The van der Waals surface area contributed by atoms with Gasteiger partial charge >= 0.3 is 0 Å². The maximum atomic E-state index is 11.7. The van der Waals surface area contributed by atoms with E-state index in [4.69, 9.17) is 6.42 Å². The summed E-state index contributed by atoms with van der Waals surface area (Å²) in [6.07, 6.45) is 7.12. The first-order chi connectivity index (χ1) is 7.17. The van der Waals surface area contributed by atoms with Gasteiger partial charge < -0.3 is 5.32 Å². The van der Waals surface area contributed by atoms with Crippen LogP contribution in [0.2, 0.25) is 0 Å². The fraction of sp³-hybridized carbons (Fsp3) is 0.364. The Morgan fingerprint density at radius 1 is 1.80 bits per heavy atom. The molecule has 15 heavy (non-hydrogen) atoms. The van der Waals surface area contributed by atoms with Crippen molar-refractivity contribution in [3.63, 3.8) is 0 Å². The van der Waals surface area contributed by atoms with Gasteiger partial charge in [0.15, 0.2) is 0 Å². The zero-order valence-electron chi connectivity index (χ0n) is 8.42. The highest BCUT2D eigenvalue weighted by atomic mass is 127. The maximum absolute atomic E-state index is 11.7. The smallest absolute Gasteiger partial charge is 0.253 e. The fourth-order valence-corrected chi connectivity index (χ4v) is 2.48. The summed E-state index contributed by atoms with van der Waals surface area (Å²) < 4.78 is 1.10. The van der Waals surface area contributed by atoms with Gasteiger partial charge in [-0.3, -0.25) is 4.79 Å². The number of hydrogen-bond acceptors (Lipinski definition) is 2. The van der Waals surface area contributed by atoms with Crippen molar-refractivity contribution >= 4 is 39.8 Å². The second-order valence-electron chi connectivity index (χ2n) is 3.12. The normalized spacial score (nSPS) is 11.8. The van der Waals surface area contributed by atoms with Crippen molar-refractivity contribution < 1.29 is 4.79 Å². The van der Waals surface area contributed by atoms with Gasteiger partial charge in [0.05, 0.1) is 14.5 Å². The molecule has 0 aliphatic heterocycles. The molecule has 0 aromatic carbocycles. The number of halogens is 1. The molecule has 1 aromatic heterocycles. The summed E-state index contributed by atoms with van der Waals surface area (Å²) in [5.74, 6) is 2.50. The van der Waals surface area contributed by atoms with E-state index < -0.39 is 0 Å². The number of nitrogens with one attached hydrogen (secondary N) is 1. The van der Waals surface area contributed by atoms with Crippen LogP contribution in [0.1, 0.15) is 30.1 Å². The Morgan fingerprint density at radius 3 is 3.00 bits per heavy atom. The number of terminal acetylenes is 1. The molecule has 0 saturated carbocycles. The first-order valence-electron chi connectivity index (χ1n) is 4.68. The maximum Gasteiger partial charge on any atom is 0.253 e. The second kappa shape index (κ2) is 6.13. The van der Waals surface area contributed by atoms with Crippen molar-refractivity contribution in [2.45, 2.75) is 25.8 Å². The van der Waals surface area contributed by atoms with Crippen LogP contribution in [0.3, 0.4) is 0 Å². The SMILES string of the molecule is C#CC(CCC)NC(=O)c1csc(I)c1. The zero-order chi connectivity index (χ0) is 11.3. The Morgan fingerprint density at radius 2 is 2.53 bits per heavy atom. The lowest BCUT2D eigenvalue weighted by Gasteiger charge is -2.10. The molecule has 1 aromatic rings. The summed E-state index contributed by atoms with van der Waals surface area (Å²) in [5, 5.41) is 4.67. The predicted octanol–water partition coefficient (Wildman–Crippen LogP) is 2.88. The molecule has 1 N–H and O–H groups in total. The molecule has 0 aliphatic carbocycles. The average molecular weight is 333 g/mol. The van der Waals surface area contributed by atoms with E-state index in [1.54, 1.807) is 11.3 Å². The molecule has 1 amide bonds. The Balaban J connectivity index is 2.59. The lowest BCUT2D eigenvalue weighted by molar-refractivity contribution is 0.0944. The molecule has 4 heteroatoms. The van der Waals surface area contributed by atoms with Crippen molar-refractivity contribution in [1.82, 2.24) is 5.32 Å². The van der Waals surface area contributed by atoms with E-state index in [1.807, 2.05) is 18.4 Å². The van der Waals surface area contributed by atoms with Crippen molar-refractivity contribution in [3.05, 3.63) is 19.9 Å². The van der Waals surface area contributed by atoms with Gasteiger partial charge in [0.2, 0.25) is 0 Å². The number of rotatable bonds is 4. The van der Waals surface area contributed by atoms with Crippen LogP contribution in [0, 0.1) is 15.2 Å². The van der Waals surface area contributed by atoms with Gasteiger partial charge in [0.25, 0.3) is 5.91 Å². The van der Waals surface area contributed by atoms with Crippen molar-refractivity contribution in [3.8, 4) is 12.3 Å².